The lowest BCUT2D eigenvalue weighted by atomic mass is 10.1. The van der Waals surface area contributed by atoms with Crippen molar-refractivity contribution >= 4 is 5.78 Å². The van der Waals surface area contributed by atoms with E-state index in [1.165, 1.54) is 19.1 Å². The molecule has 0 radical (unpaired) electrons. The molecule has 0 saturated carbocycles. The van der Waals surface area contributed by atoms with E-state index in [0.29, 0.717) is 35.7 Å². The molecule has 6 rings (SSSR count). The normalized spacial score (nSPS) is 10.7. The quantitative estimate of drug-likeness (QED) is 0.143. The van der Waals surface area contributed by atoms with Gasteiger partial charge in [-0.1, -0.05) is 30.3 Å². The van der Waals surface area contributed by atoms with Gasteiger partial charge in [0.25, 0.3) is 0 Å². The molecule has 0 amide bonds. The van der Waals surface area contributed by atoms with Gasteiger partial charge in [0.05, 0.1) is 34.9 Å². The average molecular weight is 661 g/mol. The number of nitrogens with zero attached hydrogens (tertiary/aromatic N) is 6. The van der Waals surface area contributed by atoms with Crippen molar-refractivity contribution in [3.05, 3.63) is 156 Å². The largest absolute Gasteiger partial charge is 0.456 e. The Morgan fingerprint density at radius 1 is 0.735 bits per heavy atom. The van der Waals surface area contributed by atoms with Gasteiger partial charge in [0, 0.05) is 37.9 Å². The van der Waals surface area contributed by atoms with Crippen molar-refractivity contribution in [3.63, 3.8) is 0 Å². The number of carbonyl (C=O) groups excluding carboxylic acids is 1. The molecule has 12 heteroatoms. The highest BCUT2D eigenvalue weighted by Gasteiger charge is 2.30. The second-order valence-corrected chi connectivity index (χ2v) is 10.6. The number of halogens is 3. The van der Waals surface area contributed by atoms with Crippen molar-refractivity contribution in [2.75, 3.05) is 0 Å². The minimum absolute atomic E-state index is 0.0195. The molecule has 0 atom stereocenters. The van der Waals surface area contributed by atoms with Gasteiger partial charge in [-0.3, -0.25) is 4.79 Å². The summed E-state index contributed by atoms with van der Waals surface area (Å²) >= 11 is 0. The molecule has 0 aliphatic heterocycles. The Hall–Kier alpha value is -6.66. The molecule has 0 N–H and O–H groups in total. The maximum absolute atomic E-state index is 12.8. The third kappa shape index (κ3) is 8.99. The molecule has 9 nitrogen and oxygen atoms in total. The van der Waals surface area contributed by atoms with Gasteiger partial charge < -0.3 is 18.6 Å². The molecule has 2 heterocycles. The number of benzene rings is 4. The average Bonchev–Trinajstić information content (AvgIpc) is 3.80. The van der Waals surface area contributed by atoms with Crippen molar-refractivity contribution in [2.24, 2.45) is 0 Å². The summed E-state index contributed by atoms with van der Waals surface area (Å²) in [6, 6.07) is 26.1. The Labute approximate surface area is 279 Å². The van der Waals surface area contributed by atoms with Gasteiger partial charge in [0.15, 0.2) is 5.78 Å². The van der Waals surface area contributed by atoms with Crippen molar-refractivity contribution in [3.8, 4) is 35.1 Å². The van der Waals surface area contributed by atoms with Crippen LogP contribution in [0.2, 0.25) is 0 Å². The fourth-order valence-electron chi connectivity index (χ4n) is 4.69. The van der Waals surface area contributed by atoms with E-state index in [-0.39, 0.29) is 22.8 Å². The molecule has 4 aromatic carbocycles. The lowest BCUT2D eigenvalue weighted by Crippen LogP contribution is -2.04. The summed E-state index contributed by atoms with van der Waals surface area (Å²) in [5, 5.41) is 18.5. The number of carbonyl (C=O) groups is 1. The topological polar surface area (TPSA) is 119 Å². The first-order valence-electron chi connectivity index (χ1n) is 14.7. The molecule has 0 unspecified atom stereocenters. The number of ether oxygens (including phenoxy) is 2. The standard InChI is InChI=1S/C19H15N3O2.C18H12F3N3O/c1-14(23)17-4-2-3-5-18(17)24-19-10-15(6-7-16(19)11-20)12-22-9-8-21-13-22;19-18(20,21)15-2-1-3-16(9-15)25-17-8-13(4-5-14(17)10-22)11-24-7-6-23-12-24/h2-10,13H,12H2,1H3;1-9,12H,11H2. The highest BCUT2D eigenvalue weighted by Crippen LogP contribution is 2.34. The van der Waals surface area contributed by atoms with E-state index >= 15 is 0 Å². The van der Waals surface area contributed by atoms with Crippen molar-refractivity contribution in [1.29, 1.82) is 10.5 Å². The van der Waals surface area contributed by atoms with Gasteiger partial charge in [-0.05, 0) is 72.6 Å². The summed E-state index contributed by atoms with van der Waals surface area (Å²) in [6.07, 6.45) is 5.92. The Morgan fingerprint density at radius 3 is 1.82 bits per heavy atom. The van der Waals surface area contributed by atoms with Gasteiger partial charge in [-0.15, -0.1) is 0 Å². The van der Waals surface area contributed by atoms with Crippen molar-refractivity contribution in [2.45, 2.75) is 26.2 Å². The number of alkyl halides is 3. The zero-order valence-electron chi connectivity index (χ0n) is 26.0. The first-order chi connectivity index (χ1) is 23.6. The highest BCUT2D eigenvalue weighted by molar-refractivity contribution is 5.96. The number of Topliss-reactive ketones (excluding diaryl/α,β-unsaturated/α-hetero) is 1. The molecule has 0 fully saturated rings. The van der Waals surface area contributed by atoms with Crippen LogP contribution in [0.4, 0.5) is 13.2 Å². The Morgan fingerprint density at radius 2 is 1.31 bits per heavy atom. The van der Waals surface area contributed by atoms with Crippen LogP contribution in [0.1, 0.15) is 45.1 Å². The van der Waals surface area contributed by atoms with Crippen LogP contribution in [-0.2, 0) is 19.3 Å². The van der Waals surface area contributed by atoms with E-state index < -0.39 is 11.7 Å². The molecule has 244 valence electrons. The van der Waals surface area contributed by atoms with E-state index in [1.807, 2.05) is 33.5 Å². The fourth-order valence-corrected chi connectivity index (χ4v) is 4.69. The van der Waals surface area contributed by atoms with E-state index in [1.54, 1.807) is 79.8 Å². The number of rotatable bonds is 9. The molecular weight excluding hydrogens is 633 g/mol. The summed E-state index contributed by atoms with van der Waals surface area (Å²) in [4.78, 5) is 19.7. The van der Waals surface area contributed by atoms with Crippen molar-refractivity contribution < 1.29 is 27.4 Å². The second-order valence-electron chi connectivity index (χ2n) is 10.6. The van der Waals surface area contributed by atoms with Crippen LogP contribution in [0.15, 0.2) is 122 Å². The van der Waals surface area contributed by atoms with Crippen LogP contribution in [0, 0.1) is 22.7 Å². The second kappa shape index (κ2) is 15.3. The van der Waals surface area contributed by atoms with Gasteiger partial charge in [-0.2, -0.15) is 23.7 Å². The third-order valence-electron chi connectivity index (χ3n) is 7.06. The Kier molecular flexibility index (Phi) is 10.5. The van der Waals surface area contributed by atoms with Gasteiger partial charge in [0.1, 0.15) is 35.1 Å². The molecule has 49 heavy (non-hydrogen) atoms. The maximum atomic E-state index is 12.8. The number of hydrogen-bond donors (Lipinski definition) is 0. The van der Waals surface area contributed by atoms with Gasteiger partial charge in [0.2, 0.25) is 0 Å². The third-order valence-corrected chi connectivity index (χ3v) is 7.06. The number of hydrogen-bond acceptors (Lipinski definition) is 7. The molecule has 0 saturated heterocycles. The fraction of sp³-hybridized carbons (Fsp3) is 0.108. The number of aromatic nitrogens is 4. The van der Waals surface area contributed by atoms with E-state index in [9.17, 15) is 28.5 Å². The molecular formula is C37H27F3N6O3. The van der Waals surface area contributed by atoms with E-state index in [4.69, 9.17) is 9.47 Å². The van der Waals surface area contributed by atoms with Gasteiger partial charge >= 0.3 is 6.18 Å². The van der Waals surface area contributed by atoms with E-state index in [2.05, 4.69) is 16.0 Å². The highest BCUT2D eigenvalue weighted by atomic mass is 19.4. The summed E-state index contributed by atoms with van der Waals surface area (Å²) in [5.41, 5.74) is 2.15. The number of imidazole rings is 2. The minimum atomic E-state index is -4.46. The summed E-state index contributed by atoms with van der Waals surface area (Å²) in [7, 11) is 0. The maximum Gasteiger partial charge on any atom is 0.416 e. The molecule has 0 aliphatic rings. The first-order valence-corrected chi connectivity index (χ1v) is 14.7. The van der Waals surface area contributed by atoms with Crippen LogP contribution < -0.4 is 9.47 Å². The van der Waals surface area contributed by atoms with E-state index in [0.717, 1.165) is 23.3 Å². The Bertz CT molecular complexity index is 2130. The lowest BCUT2D eigenvalue weighted by Gasteiger charge is -2.12. The van der Waals surface area contributed by atoms with Crippen LogP contribution in [0.3, 0.4) is 0 Å². The summed E-state index contributed by atoms with van der Waals surface area (Å²) in [6.45, 7) is 2.62. The summed E-state index contributed by atoms with van der Waals surface area (Å²) < 4.78 is 53.6. The minimum Gasteiger partial charge on any atom is -0.456 e. The monoisotopic (exact) mass is 660 g/mol. The summed E-state index contributed by atoms with van der Waals surface area (Å²) in [5.74, 6) is 1.02. The molecule has 0 spiro atoms. The predicted molar refractivity (Wildman–Crippen MR) is 173 cm³/mol. The van der Waals surface area contributed by atoms with Crippen LogP contribution in [0.25, 0.3) is 0 Å². The smallest absolute Gasteiger partial charge is 0.416 e. The van der Waals surface area contributed by atoms with Gasteiger partial charge in [-0.25, -0.2) is 9.97 Å². The van der Waals surface area contributed by atoms with Crippen LogP contribution in [-0.4, -0.2) is 24.9 Å². The lowest BCUT2D eigenvalue weighted by molar-refractivity contribution is -0.137. The zero-order valence-corrected chi connectivity index (χ0v) is 26.0. The predicted octanol–water partition coefficient (Wildman–Crippen LogP) is 8.41. The first kappa shape index (κ1) is 33.7. The van der Waals surface area contributed by atoms with Crippen LogP contribution in [0.5, 0.6) is 23.0 Å². The molecule has 0 aliphatic carbocycles. The molecule has 0 bridgehead atoms. The molecule has 2 aromatic heterocycles. The van der Waals surface area contributed by atoms with Crippen LogP contribution >= 0.6 is 0 Å². The SMILES string of the molecule is CC(=O)c1ccccc1Oc1cc(Cn2ccnc2)ccc1C#N.N#Cc1ccc(Cn2ccnc2)cc1Oc1cccc(C(F)(F)F)c1. The molecule has 6 aromatic rings. The zero-order chi connectivity index (χ0) is 34.8. The number of nitriles is 2. The van der Waals surface area contributed by atoms with Crippen molar-refractivity contribution in [1.82, 2.24) is 19.1 Å². The number of para-hydroxylation sites is 1. The number of ketones is 1. The Balaban J connectivity index is 0.000000191.